The van der Waals surface area contributed by atoms with E-state index in [1.807, 2.05) is 11.7 Å². The lowest BCUT2D eigenvalue weighted by atomic mass is 9.83. The van der Waals surface area contributed by atoms with Crippen LogP contribution in [0.2, 0.25) is 0 Å². The zero-order valence-corrected chi connectivity index (χ0v) is 13.3. The van der Waals surface area contributed by atoms with Gasteiger partial charge in [0.15, 0.2) is 0 Å². The van der Waals surface area contributed by atoms with Gasteiger partial charge in [-0.3, -0.25) is 9.58 Å². The second kappa shape index (κ2) is 4.85. The van der Waals surface area contributed by atoms with E-state index >= 15 is 0 Å². The highest BCUT2D eigenvalue weighted by atomic mass is 15.3. The molecule has 1 aliphatic carbocycles. The fourth-order valence-electron chi connectivity index (χ4n) is 3.58. The molecular weight excluding hydrogens is 248 g/mol. The van der Waals surface area contributed by atoms with Crippen LogP contribution in [0.25, 0.3) is 0 Å². The molecule has 0 amide bonds. The number of aryl methyl sites for hydroxylation is 1. The quantitative estimate of drug-likeness (QED) is 0.902. The first-order valence-corrected chi connectivity index (χ1v) is 7.93. The molecule has 1 aliphatic heterocycles. The van der Waals surface area contributed by atoms with Gasteiger partial charge in [-0.05, 0) is 32.2 Å². The van der Waals surface area contributed by atoms with Gasteiger partial charge in [0.25, 0.3) is 0 Å². The van der Waals surface area contributed by atoms with E-state index < -0.39 is 0 Å². The minimum Gasteiger partial charge on any atom is -0.326 e. The first-order valence-electron chi connectivity index (χ1n) is 7.93. The summed E-state index contributed by atoms with van der Waals surface area (Å²) in [6.45, 7) is 7.93. The van der Waals surface area contributed by atoms with Gasteiger partial charge in [0, 0.05) is 36.3 Å². The molecule has 0 spiro atoms. The van der Waals surface area contributed by atoms with Crippen molar-refractivity contribution in [2.24, 2.45) is 12.8 Å². The highest BCUT2D eigenvalue weighted by Gasteiger charge is 2.41. The van der Waals surface area contributed by atoms with Gasteiger partial charge in [0.05, 0.1) is 11.7 Å². The van der Waals surface area contributed by atoms with Crippen LogP contribution in [0.4, 0.5) is 0 Å². The van der Waals surface area contributed by atoms with Crippen molar-refractivity contribution in [3.8, 4) is 0 Å². The molecule has 0 aromatic carbocycles. The molecule has 1 saturated heterocycles. The van der Waals surface area contributed by atoms with Gasteiger partial charge in [-0.15, -0.1) is 0 Å². The van der Waals surface area contributed by atoms with Crippen molar-refractivity contribution >= 4 is 0 Å². The molecule has 2 unspecified atom stereocenters. The van der Waals surface area contributed by atoms with Crippen LogP contribution in [0, 0.1) is 0 Å². The number of nitrogens with two attached hydrogens (primary N) is 1. The zero-order valence-electron chi connectivity index (χ0n) is 13.3. The van der Waals surface area contributed by atoms with Crippen LogP contribution in [0.15, 0.2) is 6.20 Å². The van der Waals surface area contributed by atoms with Gasteiger partial charge in [0.1, 0.15) is 0 Å². The normalized spacial score (nSPS) is 28.9. The summed E-state index contributed by atoms with van der Waals surface area (Å²) >= 11 is 0. The Morgan fingerprint density at radius 3 is 2.55 bits per heavy atom. The largest absolute Gasteiger partial charge is 0.326 e. The number of hydrogen-bond donors (Lipinski definition) is 1. The third-order valence-corrected chi connectivity index (χ3v) is 4.62. The third kappa shape index (κ3) is 2.51. The Bertz CT molecular complexity index is 481. The molecule has 2 atom stereocenters. The number of hydrogen-bond acceptors (Lipinski definition) is 3. The Morgan fingerprint density at radius 1 is 1.25 bits per heavy atom. The smallest absolute Gasteiger partial charge is 0.0726 e. The molecule has 1 aromatic heterocycles. The summed E-state index contributed by atoms with van der Waals surface area (Å²) < 4.78 is 1.96. The summed E-state index contributed by atoms with van der Waals surface area (Å²) in [6, 6.07) is 1.37. The van der Waals surface area contributed by atoms with Crippen LogP contribution in [-0.2, 0) is 12.5 Å². The molecule has 2 heterocycles. The second-order valence-corrected chi connectivity index (χ2v) is 7.58. The summed E-state index contributed by atoms with van der Waals surface area (Å²) in [7, 11) is 2.02. The van der Waals surface area contributed by atoms with Crippen LogP contribution >= 0.6 is 0 Å². The fourth-order valence-corrected chi connectivity index (χ4v) is 3.58. The van der Waals surface area contributed by atoms with Crippen LogP contribution in [-0.4, -0.2) is 33.3 Å². The summed E-state index contributed by atoms with van der Waals surface area (Å²) in [6.07, 6.45) is 7.25. The van der Waals surface area contributed by atoms with E-state index in [1.165, 1.54) is 37.1 Å². The van der Waals surface area contributed by atoms with E-state index in [0.717, 1.165) is 12.5 Å². The molecule has 3 rings (SSSR count). The lowest BCUT2D eigenvalue weighted by Gasteiger charge is -2.41. The fraction of sp³-hybridized carbons (Fsp3) is 0.812. The van der Waals surface area contributed by atoms with E-state index in [0.29, 0.717) is 6.04 Å². The Labute approximate surface area is 122 Å². The van der Waals surface area contributed by atoms with Crippen molar-refractivity contribution in [3.05, 3.63) is 17.5 Å². The maximum Gasteiger partial charge on any atom is 0.0726 e. The third-order valence-electron chi connectivity index (χ3n) is 4.62. The highest BCUT2D eigenvalue weighted by molar-refractivity contribution is 5.29. The number of nitrogens with zero attached hydrogens (tertiary/aromatic N) is 3. The van der Waals surface area contributed by atoms with Crippen LogP contribution in [0.5, 0.6) is 0 Å². The number of rotatable bonds is 2. The minimum absolute atomic E-state index is 0.0724. The second-order valence-electron chi connectivity index (χ2n) is 7.58. The molecule has 112 valence electrons. The van der Waals surface area contributed by atoms with Crippen LogP contribution in [0.3, 0.4) is 0 Å². The van der Waals surface area contributed by atoms with Crippen molar-refractivity contribution in [1.29, 1.82) is 0 Å². The molecule has 2 fully saturated rings. The Morgan fingerprint density at radius 2 is 1.95 bits per heavy atom. The first-order chi connectivity index (χ1) is 9.38. The van der Waals surface area contributed by atoms with Gasteiger partial charge >= 0.3 is 0 Å². The van der Waals surface area contributed by atoms with Gasteiger partial charge in [0.2, 0.25) is 0 Å². The lowest BCUT2D eigenvalue weighted by Crippen LogP contribution is -2.47. The van der Waals surface area contributed by atoms with Crippen LogP contribution < -0.4 is 5.73 Å². The summed E-state index contributed by atoms with van der Waals surface area (Å²) in [4.78, 5) is 2.65. The van der Waals surface area contributed by atoms with Crippen molar-refractivity contribution < 1.29 is 0 Å². The van der Waals surface area contributed by atoms with Crippen molar-refractivity contribution in [2.75, 3.05) is 6.54 Å². The predicted molar refractivity (Wildman–Crippen MR) is 81.6 cm³/mol. The molecule has 4 nitrogen and oxygen atoms in total. The number of likely N-dealkylation sites (tertiary alicyclic amines) is 1. The number of piperidine rings is 1. The maximum absolute atomic E-state index is 6.51. The maximum atomic E-state index is 6.51. The standard InChI is InChI=1S/C16H28N4/c1-16(2,3)15-12(10-19(4)18-15)14-13(17)6-5-9-20(14)11-7-8-11/h10-11,13-14H,5-9,17H2,1-4H3. The Balaban J connectivity index is 2.00. The molecule has 4 heteroatoms. The lowest BCUT2D eigenvalue weighted by molar-refractivity contribution is 0.118. The average Bonchev–Trinajstić information content (AvgIpc) is 3.11. The first kappa shape index (κ1) is 14.1. The Hall–Kier alpha value is -0.870. The SMILES string of the molecule is Cn1cc(C2C(N)CCCN2C2CC2)c(C(C)(C)C)n1. The predicted octanol–water partition coefficient (Wildman–Crippen LogP) is 2.34. The zero-order chi connectivity index (χ0) is 14.5. The highest BCUT2D eigenvalue weighted by Crippen LogP contribution is 2.41. The molecule has 0 radical (unpaired) electrons. The van der Waals surface area contributed by atoms with E-state index in [1.54, 1.807) is 0 Å². The van der Waals surface area contributed by atoms with E-state index in [2.05, 4.69) is 31.9 Å². The molecule has 0 bridgehead atoms. The molecule has 2 aliphatic rings. The molecule has 1 aromatic rings. The van der Waals surface area contributed by atoms with Crippen LogP contribution in [0.1, 0.15) is 63.8 Å². The molecular formula is C16H28N4. The van der Waals surface area contributed by atoms with Crippen molar-refractivity contribution in [2.45, 2.75) is 70.0 Å². The van der Waals surface area contributed by atoms with E-state index in [9.17, 15) is 0 Å². The van der Waals surface area contributed by atoms with Gasteiger partial charge in [-0.1, -0.05) is 20.8 Å². The average molecular weight is 276 g/mol. The minimum atomic E-state index is 0.0724. The van der Waals surface area contributed by atoms with E-state index in [4.69, 9.17) is 10.8 Å². The monoisotopic (exact) mass is 276 g/mol. The van der Waals surface area contributed by atoms with Crippen molar-refractivity contribution in [3.63, 3.8) is 0 Å². The summed E-state index contributed by atoms with van der Waals surface area (Å²) in [5.74, 6) is 0. The number of aromatic nitrogens is 2. The van der Waals surface area contributed by atoms with Gasteiger partial charge in [-0.2, -0.15) is 5.10 Å². The molecule has 20 heavy (non-hydrogen) atoms. The topological polar surface area (TPSA) is 47.1 Å². The van der Waals surface area contributed by atoms with Gasteiger partial charge < -0.3 is 5.73 Å². The molecule has 1 saturated carbocycles. The van der Waals surface area contributed by atoms with E-state index in [-0.39, 0.29) is 11.5 Å². The summed E-state index contributed by atoms with van der Waals surface area (Å²) in [5, 5.41) is 4.74. The van der Waals surface area contributed by atoms with Gasteiger partial charge in [-0.25, -0.2) is 0 Å². The van der Waals surface area contributed by atoms with Crippen molar-refractivity contribution in [1.82, 2.24) is 14.7 Å². The summed E-state index contributed by atoms with van der Waals surface area (Å²) in [5.41, 5.74) is 9.16. The molecule has 2 N–H and O–H groups in total. The Kier molecular flexibility index (Phi) is 3.41.